The lowest BCUT2D eigenvalue weighted by molar-refractivity contribution is 0.302. The normalized spacial score (nSPS) is 10.5. The third kappa shape index (κ3) is 4.97. The predicted octanol–water partition coefficient (Wildman–Crippen LogP) is 3.80. The van der Waals surface area contributed by atoms with Gasteiger partial charge in [0.2, 0.25) is 0 Å². The summed E-state index contributed by atoms with van der Waals surface area (Å²) in [5.74, 6) is 0.888. The van der Waals surface area contributed by atoms with Gasteiger partial charge in [-0.3, -0.25) is 0 Å². The summed E-state index contributed by atoms with van der Waals surface area (Å²) in [4.78, 5) is 0. The maximum Gasteiger partial charge on any atom is 0.124 e. The van der Waals surface area contributed by atoms with Crippen LogP contribution in [0, 0.1) is 0 Å². The van der Waals surface area contributed by atoms with Crippen LogP contribution in [0.1, 0.15) is 38.2 Å². The molecule has 0 heterocycles. The van der Waals surface area contributed by atoms with Gasteiger partial charge in [0.05, 0.1) is 6.61 Å². The van der Waals surface area contributed by atoms with Crippen molar-refractivity contribution in [2.45, 2.75) is 39.0 Å². The molecule has 0 amide bonds. The molecule has 0 spiro atoms. The Labute approximate surface area is 109 Å². The molecule has 1 aromatic rings. The van der Waals surface area contributed by atoms with Crippen molar-refractivity contribution in [3.63, 3.8) is 0 Å². The van der Waals surface area contributed by atoms with Gasteiger partial charge in [-0.2, -0.15) is 0 Å². The van der Waals surface area contributed by atoms with Gasteiger partial charge in [0, 0.05) is 10.6 Å². The number of hydrogen-bond acceptors (Lipinski definition) is 2. The molecule has 0 aliphatic carbocycles. The van der Waals surface area contributed by atoms with Crippen molar-refractivity contribution in [2.24, 2.45) is 5.73 Å². The summed E-state index contributed by atoms with van der Waals surface area (Å²) in [6.45, 7) is 3.56. The fourth-order valence-corrected chi connectivity index (χ4v) is 2.03. The van der Waals surface area contributed by atoms with Crippen LogP contribution >= 0.6 is 11.6 Å². The smallest absolute Gasteiger partial charge is 0.124 e. The molecule has 2 nitrogen and oxygen atoms in total. The Kier molecular flexibility index (Phi) is 7.06. The summed E-state index contributed by atoms with van der Waals surface area (Å²) in [5, 5.41) is 0.751. The fraction of sp³-hybridized carbons (Fsp3) is 0.571. The molecule has 2 N–H and O–H groups in total. The summed E-state index contributed by atoms with van der Waals surface area (Å²) >= 11 is 6.14. The van der Waals surface area contributed by atoms with Crippen LogP contribution in [0.15, 0.2) is 18.2 Å². The molecule has 0 atom stereocenters. The van der Waals surface area contributed by atoms with Gasteiger partial charge in [-0.1, -0.05) is 43.9 Å². The van der Waals surface area contributed by atoms with Crippen LogP contribution in [0.2, 0.25) is 5.02 Å². The molecule has 0 aromatic heterocycles. The standard InChI is InChI=1S/C14H22ClNO/c1-2-3-4-5-11-17-14-8-6-7-13(15)12(14)9-10-16/h6-8H,2-5,9-11,16H2,1H3. The number of nitrogens with two attached hydrogens (primary N) is 1. The highest BCUT2D eigenvalue weighted by molar-refractivity contribution is 6.31. The molecule has 0 unspecified atom stereocenters. The fourth-order valence-electron chi connectivity index (χ4n) is 1.77. The van der Waals surface area contributed by atoms with E-state index in [4.69, 9.17) is 22.1 Å². The lowest BCUT2D eigenvalue weighted by atomic mass is 10.1. The van der Waals surface area contributed by atoms with Gasteiger partial charge in [0.1, 0.15) is 5.75 Å². The molecule has 96 valence electrons. The van der Waals surface area contributed by atoms with Crippen LogP contribution in [0.3, 0.4) is 0 Å². The van der Waals surface area contributed by atoms with Crippen molar-refractivity contribution in [2.75, 3.05) is 13.2 Å². The lowest BCUT2D eigenvalue weighted by Crippen LogP contribution is -2.06. The van der Waals surface area contributed by atoms with Gasteiger partial charge in [-0.25, -0.2) is 0 Å². The SMILES string of the molecule is CCCCCCOc1cccc(Cl)c1CCN. The van der Waals surface area contributed by atoms with Crippen molar-refractivity contribution in [3.05, 3.63) is 28.8 Å². The molecule has 17 heavy (non-hydrogen) atoms. The Hall–Kier alpha value is -0.730. The molecular formula is C14H22ClNO. The number of hydrogen-bond donors (Lipinski definition) is 1. The maximum absolute atomic E-state index is 6.14. The van der Waals surface area contributed by atoms with E-state index in [1.54, 1.807) is 0 Å². The topological polar surface area (TPSA) is 35.2 Å². The molecule has 0 radical (unpaired) electrons. The average Bonchev–Trinajstić information content (AvgIpc) is 2.33. The highest BCUT2D eigenvalue weighted by Crippen LogP contribution is 2.26. The van der Waals surface area contributed by atoms with E-state index in [2.05, 4.69) is 6.92 Å². The van der Waals surface area contributed by atoms with Crippen molar-refractivity contribution < 1.29 is 4.74 Å². The van der Waals surface area contributed by atoms with Gasteiger partial charge in [0.15, 0.2) is 0 Å². The Morgan fingerprint density at radius 2 is 2.06 bits per heavy atom. The minimum absolute atomic E-state index is 0.593. The Bertz CT molecular complexity index is 328. The first-order valence-corrected chi connectivity index (χ1v) is 6.77. The zero-order valence-electron chi connectivity index (χ0n) is 10.5. The van der Waals surface area contributed by atoms with Crippen LogP contribution < -0.4 is 10.5 Å². The Morgan fingerprint density at radius 1 is 1.24 bits per heavy atom. The van der Waals surface area contributed by atoms with E-state index in [1.807, 2.05) is 18.2 Å². The van der Waals surface area contributed by atoms with Gasteiger partial charge in [-0.05, 0) is 31.5 Å². The monoisotopic (exact) mass is 255 g/mol. The lowest BCUT2D eigenvalue weighted by Gasteiger charge is -2.12. The zero-order valence-corrected chi connectivity index (χ0v) is 11.3. The molecule has 0 aliphatic heterocycles. The second-order valence-electron chi connectivity index (χ2n) is 4.16. The van der Waals surface area contributed by atoms with E-state index in [1.165, 1.54) is 19.3 Å². The van der Waals surface area contributed by atoms with Gasteiger partial charge < -0.3 is 10.5 Å². The first kappa shape index (κ1) is 14.3. The highest BCUT2D eigenvalue weighted by atomic mass is 35.5. The highest BCUT2D eigenvalue weighted by Gasteiger charge is 2.06. The number of ether oxygens (including phenoxy) is 1. The van der Waals surface area contributed by atoms with Gasteiger partial charge >= 0.3 is 0 Å². The number of benzene rings is 1. The zero-order chi connectivity index (χ0) is 12.5. The second-order valence-corrected chi connectivity index (χ2v) is 4.57. The van der Waals surface area contributed by atoms with E-state index in [0.29, 0.717) is 6.54 Å². The maximum atomic E-state index is 6.14. The van der Waals surface area contributed by atoms with E-state index in [-0.39, 0.29) is 0 Å². The van der Waals surface area contributed by atoms with Crippen molar-refractivity contribution in [3.8, 4) is 5.75 Å². The molecule has 1 aromatic carbocycles. The molecule has 0 aliphatic rings. The third-order valence-corrected chi connectivity index (χ3v) is 3.08. The molecule has 3 heteroatoms. The third-order valence-electron chi connectivity index (χ3n) is 2.73. The first-order valence-electron chi connectivity index (χ1n) is 6.39. The van der Waals surface area contributed by atoms with Crippen LogP contribution in [-0.2, 0) is 6.42 Å². The number of unbranched alkanes of at least 4 members (excludes halogenated alkanes) is 3. The average molecular weight is 256 g/mol. The van der Waals surface area contributed by atoms with Crippen molar-refractivity contribution in [1.82, 2.24) is 0 Å². The van der Waals surface area contributed by atoms with Crippen LogP contribution in [0.5, 0.6) is 5.75 Å². The number of halogens is 1. The molecule has 0 saturated heterocycles. The van der Waals surface area contributed by atoms with E-state index >= 15 is 0 Å². The van der Waals surface area contributed by atoms with Crippen molar-refractivity contribution >= 4 is 11.6 Å². The van der Waals surface area contributed by atoms with E-state index < -0.39 is 0 Å². The summed E-state index contributed by atoms with van der Waals surface area (Å²) in [5.41, 5.74) is 6.61. The minimum atomic E-state index is 0.593. The van der Waals surface area contributed by atoms with Gasteiger partial charge in [0.25, 0.3) is 0 Å². The number of rotatable bonds is 8. The summed E-state index contributed by atoms with van der Waals surface area (Å²) in [7, 11) is 0. The van der Waals surface area contributed by atoms with Crippen LogP contribution in [0.25, 0.3) is 0 Å². The summed E-state index contributed by atoms with van der Waals surface area (Å²) < 4.78 is 5.78. The first-order chi connectivity index (χ1) is 8.29. The quantitative estimate of drug-likeness (QED) is 0.717. The summed E-state index contributed by atoms with van der Waals surface area (Å²) in [6.07, 6.45) is 5.61. The molecule has 0 saturated carbocycles. The Morgan fingerprint density at radius 3 is 2.76 bits per heavy atom. The molecule has 0 fully saturated rings. The van der Waals surface area contributed by atoms with Crippen LogP contribution in [0.4, 0.5) is 0 Å². The molecule has 1 rings (SSSR count). The molecular weight excluding hydrogens is 234 g/mol. The van der Waals surface area contributed by atoms with Crippen LogP contribution in [-0.4, -0.2) is 13.2 Å². The van der Waals surface area contributed by atoms with E-state index in [0.717, 1.165) is 35.8 Å². The Balaban J connectivity index is 2.48. The minimum Gasteiger partial charge on any atom is -0.493 e. The van der Waals surface area contributed by atoms with Gasteiger partial charge in [-0.15, -0.1) is 0 Å². The predicted molar refractivity (Wildman–Crippen MR) is 73.8 cm³/mol. The van der Waals surface area contributed by atoms with Crippen molar-refractivity contribution in [1.29, 1.82) is 0 Å². The second kappa shape index (κ2) is 8.37. The molecule has 0 bridgehead atoms. The largest absolute Gasteiger partial charge is 0.493 e. The van der Waals surface area contributed by atoms with E-state index in [9.17, 15) is 0 Å². The summed E-state index contributed by atoms with van der Waals surface area (Å²) in [6, 6.07) is 5.77.